The van der Waals surface area contributed by atoms with Crippen molar-refractivity contribution >= 4 is 46.2 Å². The normalized spacial score (nSPS) is 11.3. The Bertz CT molecular complexity index is 580. The number of benzene rings is 1. The molecule has 0 fully saturated rings. The first-order valence-corrected chi connectivity index (χ1v) is 8.65. The van der Waals surface area contributed by atoms with Crippen molar-refractivity contribution in [1.29, 1.82) is 0 Å². The summed E-state index contributed by atoms with van der Waals surface area (Å²) >= 11 is 2.17. The number of carbonyl (C=O) groups is 3. The van der Waals surface area contributed by atoms with Crippen molar-refractivity contribution in [3.63, 3.8) is 0 Å². The molecule has 7 nitrogen and oxygen atoms in total. The fourth-order valence-electron chi connectivity index (χ4n) is 2.05. The molecule has 24 heavy (non-hydrogen) atoms. The summed E-state index contributed by atoms with van der Waals surface area (Å²) in [5.41, 5.74) is 0.732. The lowest BCUT2D eigenvalue weighted by molar-refractivity contribution is -0.145. The second-order valence-corrected chi connectivity index (χ2v) is 6.41. The van der Waals surface area contributed by atoms with Crippen molar-refractivity contribution in [2.24, 2.45) is 0 Å². The Labute approximate surface area is 155 Å². The fourth-order valence-corrected chi connectivity index (χ4v) is 2.60. The molecule has 0 aliphatic carbocycles. The van der Waals surface area contributed by atoms with Crippen LogP contribution in [0.3, 0.4) is 0 Å². The number of amides is 3. The monoisotopic (exact) mass is 445 g/mol. The molecule has 0 saturated carbocycles. The molecule has 0 bridgehead atoms. The third-order valence-electron chi connectivity index (χ3n) is 3.15. The van der Waals surface area contributed by atoms with Gasteiger partial charge in [0.2, 0.25) is 5.91 Å². The number of methoxy groups -OCH3 is 1. The van der Waals surface area contributed by atoms with Crippen molar-refractivity contribution in [2.45, 2.75) is 32.2 Å². The number of urea groups is 1. The second-order valence-electron chi connectivity index (χ2n) is 5.16. The van der Waals surface area contributed by atoms with Crippen LogP contribution in [-0.2, 0) is 14.3 Å². The summed E-state index contributed by atoms with van der Waals surface area (Å²) in [5, 5.41) is 8.06. The fraction of sp³-hybridized carbons (Fsp3) is 0.438. The lowest BCUT2D eigenvalue weighted by Gasteiger charge is -2.15. The quantitative estimate of drug-likeness (QED) is 0.325. The molecule has 1 aromatic carbocycles. The molecule has 3 amide bonds. The zero-order valence-corrected chi connectivity index (χ0v) is 15.9. The Balaban J connectivity index is 2.25. The number of unbranched alkanes of at least 4 members (excludes halogenated alkanes) is 1. The number of ether oxygens (including phenoxy) is 1. The third kappa shape index (κ3) is 8.14. The van der Waals surface area contributed by atoms with Gasteiger partial charge in [-0.25, -0.2) is 9.59 Å². The minimum absolute atomic E-state index is 0.275. The average Bonchev–Trinajstić information content (AvgIpc) is 2.52. The van der Waals surface area contributed by atoms with Crippen molar-refractivity contribution in [1.82, 2.24) is 10.6 Å². The van der Waals surface area contributed by atoms with E-state index in [1.165, 1.54) is 14.0 Å². The van der Waals surface area contributed by atoms with E-state index in [2.05, 4.69) is 43.3 Å². The molecular weight excluding hydrogens is 423 g/mol. The molecule has 0 aliphatic heterocycles. The van der Waals surface area contributed by atoms with Gasteiger partial charge in [-0.2, -0.15) is 0 Å². The number of hydrogen-bond donors (Lipinski definition) is 3. The number of halogens is 1. The Morgan fingerprint density at radius 3 is 2.62 bits per heavy atom. The summed E-state index contributed by atoms with van der Waals surface area (Å²) in [5.74, 6) is -0.741. The second kappa shape index (κ2) is 10.8. The highest BCUT2D eigenvalue weighted by atomic mass is 125. The van der Waals surface area contributed by atoms with E-state index in [0.717, 1.165) is 9.26 Å². The molecule has 0 spiro atoms. The highest BCUT2D eigenvalue weighted by Crippen LogP contribution is 2.12. The van der Waals surface area contributed by atoms with Crippen molar-refractivity contribution in [3.05, 3.63) is 27.8 Å². The van der Waals surface area contributed by atoms with E-state index in [1.807, 2.05) is 24.3 Å². The predicted octanol–water partition coefficient (Wildman–Crippen LogP) is 2.26. The number of hydrogen-bond acceptors (Lipinski definition) is 4. The Kier molecular flexibility index (Phi) is 9.13. The summed E-state index contributed by atoms with van der Waals surface area (Å²) in [6.07, 6.45) is 1.82. The van der Waals surface area contributed by atoms with E-state index >= 15 is 0 Å². The van der Waals surface area contributed by atoms with Gasteiger partial charge in [-0.3, -0.25) is 4.79 Å². The van der Waals surface area contributed by atoms with E-state index in [4.69, 9.17) is 0 Å². The van der Waals surface area contributed by atoms with Crippen LogP contribution < -0.4 is 16.0 Å². The SMILES string of the molecule is COC(=O)C(CCCCNC(=O)Nc1cccc([125I])c1)NC(C)=O. The van der Waals surface area contributed by atoms with Crippen LogP contribution in [0.4, 0.5) is 10.5 Å². The summed E-state index contributed by atoms with van der Waals surface area (Å²) < 4.78 is 5.69. The highest BCUT2D eigenvalue weighted by Gasteiger charge is 2.19. The van der Waals surface area contributed by atoms with Crippen LogP contribution in [-0.4, -0.2) is 37.6 Å². The van der Waals surface area contributed by atoms with Crippen LogP contribution in [0.2, 0.25) is 0 Å². The first-order valence-electron chi connectivity index (χ1n) is 7.57. The zero-order valence-electron chi connectivity index (χ0n) is 13.7. The van der Waals surface area contributed by atoms with Gasteiger partial charge in [-0.15, -0.1) is 0 Å². The molecule has 0 aromatic heterocycles. The van der Waals surface area contributed by atoms with E-state index in [1.54, 1.807) is 0 Å². The molecule has 0 saturated heterocycles. The maximum atomic E-state index is 11.8. The lowest BCUT2D eigenvalue weighted by Crippen LogP contribution is -2.40. The molecule has 1 atom stereocenters. The molecule has 1 rings (SSSR count). The standard InChI is InChI=1S/C16H22IN3O4/c1-11(21)19-14(15(22)24-2)8-3-4-9-18-16(23)20-13-7-5-6-12(17)10-13/h5-7,10,14H,3-4,8-9H2,1-2H3,(H,19,21)(H2,18,20,23)/i17-2. The van der Waals surface area contributed by atoms with E-state index in [0.29, 0.717) is 25.8 Å². The van der Waals surface area contributed by atoms with Crippen LogP contribution in [0.5, 0.6) is 0 Å². The molecule has 0 aliphatic rings. The highest BCUT2D eigenvalue weighted by molar-refractivity contribution is 14.1. The zero-order chi connectivity index (χ0) is 17.9. The number of carbonyl (C=O) groups excluding carboxylic acids is 3. The maximum absolute atomic E-state index is 11.8. The molecule has 132 valence electrons. The van der Waals surface area contributed by atoms with Gasteiger partial charge in [0, 0.05) is 22.7 Å². The summed E-state index contributed by atoms with van der Waals surface area (Å²) in [6.45, 7) is 1.83. The molecule has 1 unspecified atom stereocenters. The van der Waals surface area contributed by atoms with E-state index < -0.39 is 12.0 Å². The van der Waals surface area contributed by atoms with Gasteiger partial charge < -0.3 is 20.7 Å². The van der Waals surface area contributed by atoms with Crippen LogP contribution in [0.25, 0.3) is 0 Å². The Hall–Kier alpha value is -1.84. The topological polar surface area (TPSA) is 96.5 Å². The molecular formula is C16H22IN3O4. The van der Waals surface area contributed by atoms with E-state index in [9.17, 15) is 14.4 Å². The van der Waals surface area contributed by atoms with Crippen molar-refractivity contribution < 1.29 is 19.1 Å². The number of anilines is 1. The van der Waals surface area contributed by atoms with Crippen molar-refractivity contribution in [2.75, 3.05) is 19.0 Å². The first-order chi connectivity index (χ1) is 11.4. The Morgan fingerprint density at radius 1 is 1.25 bits per heavy atom. The maximum Gasteiger partial charge on any atom is 0.328 e. The molecule has 1 aromatic rings. The molecule has 0 heterocycles. The van der Waals surface area contributed by atoms with Crippen LogP contribution in [0.15, 0.2) is 24.3 Å². The number of esters is 1. The third-order valence-corrected chi connectivity index (χ3v) is 3.82. The predicted molar refractivity (Wildman–Crippen MR) is 99.7 cm³/mol. The van der Waals surface area contributed by atoms with Gasteiger partial charge in [-0.05, 0) is 60.1 Å². The van der Waals surface area contributed by atoms with Crippen LogP contribution >= 0.6 is 22.6 Å². The van der Waals surface area contributed by atoms with E-state index in [-0.39, 0.29) is 11.9 Å². The number of nitrogens with one attached hydrogen (secondary N) is 3. The smallest absolute Gasteiger partial charge is 0.328 e. The Morgan fingerprint density at radius 2 is 2.00 bits per heavy atom. The van der Waals surface area contributed by atoms with Gasteiger partial charge in [0.1, 0.15) is 6.04 Å². The minimum atomic E-state index is -0.646. The summed E-state index contributed by atoms with van der Waals surface area (Å²) in [6, 6.07) is 6.57. The minimum Gasteiger partial charge on any atom is -0.467 e. The van der Waals surface area contributed by atoms with Crippen LogP contribution in [0, 0.1) is 3.57 Å². The average molecular weight is 445 g/mol. The van der Waals surface area contributed by atoms with Gasteiger partial charge in [0.05, 0.1) is 7.11 Å². The van der Waals surface area contributed by atoms with Crippen LogP contribution in [0.1, 0.15) is 26.2 Å². The summed E-state index contributed by atoms with van der Waals surface area (Å²) in [7, 11) is 1.29. The van der Waals surface area contributed by atoms with Gasteiger partial charge >= 0.3 is 12.0 Å². The first kappa shape index (κ1) is 20.2. The van der Waals surface area contributed by atoms with Crippen molar-refractivity contribution in [3.8, 4) is 0 Å². The molecule has 3 N–H and O–H groups in total. The van der Waals surface area contributed by atoms with Gasteiger partial charge in [0.15, 0.2) is 0 Å². The van der Waals surface area contributed by atoms with Gasteiger partial charge in [-0.1, -0.05) is 6.07 Å². The van der Waals surface area contributed by atoms with Gasteiger partial charge in [0.25, 0.3) is 0 Å². The largest absolute Gasteiger partial charge is 0.467 e. The number of rotatable bonds is 8. The molecule has 8 heteroatoms. The molecule has 0 radical (unpaired) electrons. The lowest BCUT2D eigenvalue weighted by atomic mass is 10.1. The summed E-state index contributed by atoms with van der Waals surface area (Å²) in [4.78, 5) is 34.4.